The summed E-state index contributed by atoms with van der Waals surface area (Å²) in [5.74, 6) is 0.845. The Balaban J connectivity index is 1.96. The maximum absolute atomic E-state index is 4.51. The van der Waals surface area contributed by atoms with Crippen molar-refractivity contribution in [2.75, 3.05) is 7.05 Å². The number of aromatic nitrogens is 2. The summed E-state index contributed by atoms with van der Waals surface area (Å²) in [6, 6.07) is 3.01. The lowest BCUT2D eigenvalue weighted by Gasteiger charge is -2.10. The first-order valence-corrected chi connectivity index (χ1v) is 6.42. The van der Waals surface area contributed by atoms with Crippen molar-refractivity contribution in [2.24, 2.45) is 13.0 Å². The van der Waals surface area contributed by atoms with E-state index < -0.39 is 0 Å². The quantitative estimate of drug-likeness (QED) is 0.841. The number of hydrogen-bond donors (Lipinski definition) is 1. The molecular weight excluding hydrogens is 198 g/mol. The van der Waals surface area contributed by atoms with E-state index in [1.54, 1.807) is 0 Å². The van der Waals surface area contributed by atoms with Crippen LogP contribution in [0.3, 0.4) is 0 Å². The number of aryl methyl sites for hydroxylation is 2. The van der Waals surface area contributed by atoms with Gasteiger partial charge in [0.25, 0.3) is 0 Å². The molecule has 1 aromatic heterocycles. The molecule has 16 heavy (non-hydrogen) atoms. The molecule has 1 N–H and O–H groups in total. The maximum Gasteiger partial charge on any atom is 0.0624 e. The summed E-state index contributed by atoms with van der Waals surface area (Å²) in [6.07, 6.45) is 6.25. The third-order valence-corrected chi connectivity index (χ3v) is 3.84. The van der Waals surface area contributed by atoms with Gasteiger partial charge in [0, 0.05) is 18.8 Å². The van der Waals surface area contributed by atoms with Crippen molar-refractivity contribution >= 4 is 0 Å². The lowest BCUT2D eigenvalue weighted by atomic mass is 10.0. The van der Waals surface area contributed by atoms with E-state index in [-0.39, 0.29) is 0 Å². The van der Waals surface area contributed by atoms with Gasteiger partial charge in [-0.3, -0.25) is 4.68 Å². The van der Waals surface area contributed by atoms with Crippen LogP contribution in [0.25, 0.3) is 0 Å². The fraction of sp³-hybridized carbons (Fsp3) is 0.769. The van der Waals surface area contributed by atoms with Gasteiger partial charge in [-0.2, -0.15) is 5.10 Å². The van der Waals surface area contributed by atoms with E-state index in [4.69, 9.17) is 0 Å². The summed E-state index contributed by atoms with van der Waals surface area (Å²) in [6.45, 7) is 2.17. The lowest BCUT2D eigenvalue weighted by molar-refractivity contribution is 0.494. The molecule has 2 unspecified atom stereocenters. The molecule has 2 rings (SSSR count). The first-order valence-electron chi connectivity index (χ1n) is 6.42. The van der Waals surface area contributed by atoms with Crippen LogP contribution in [0, 0.1) is 5.92 Å². The van der Waals surface area contributed by atoms with Crippen LogP contribution >= 0.6 is 0 Å². The zero-order valence-electron chi connectivity index (χ0n) is 10.7. The molecule has 0 aromatic carbocycles. The van der Waals surface area contributed by atoms with Gasteiger partial charge in [0.15, 0.2) is 0 Å². The van der Waals surface area contributed by atoms with Crippen molar-refractivity contribution in [3.05, 3.63) is 17.5 Å². The molecule has 3 heteroatoms. The number of hydrogen-bond acceptors (Lipinski definition) is 2. The van der Waals surface area contributed by atoms with Crippen LogP contribution in [-0.2, 0) is 19.9 Å². The smallest absolute Gasteiger partial charge is 0.0624 e. The van der Waals surface area contributed by atoms with Crippen molar-refractivity contribution in [3.63, 3.8) is 0 Å². The Kier molecular flexibility index (Phi) is 3.64. The van der Waals surface area contributed by atoms with E-state index in [1.165, 1.54) is 37.1 Å². The highest BCUT2D eigenvalue weighted by Gasteiger charge is 2.24. The van der Waals surface area contributed by atoms with Crippen molar-refractivity contribution in [2.45, 2.75) is 45.1 Å². The normalized spacial score (nSPS) is 25.2. The SMILES string of the molecule is CCc1cc(CC2CCC(NC)C2)n(C)n1. The van der Waals surface area contributed by atoms with Gasteiger partial charge >= 0.3 is 0 Å². The molecule has 1 aromatic rings. The minimum atomic E-state index is 0.740. The van der Waals surface area contributed by atoms with Crippen LogP contribution in [-0.4, -0.2) is 22.9 Å². The molecule has 1 heterocycles. The molecule has 0 aliphatic heterocycles. The van der Waals surface area contributed by atoms with Crippen molar-refractivity contribution in [1.82, 2.24) is 15.1 Å². The molecule has 1 aliphatic rings. The standard InChI is InChI=1S/C13H23N3/c1-4-11-9-13(16(3)15-11)8-10-5-6-12(7-10)14-2/h9-10,12,14H,4-8H2,1-3H3. The Morgan fingerprint density at radius 1 is 1.50 bits per heavy atom. The van der Waals surface area contributed by atoms with Crippen LogP contribution in [0.5, 0.6) is 0 Å². The molecule has 0 saturated heterocycles. The van der Waals surface area contributed by atoms with E-state index in [0.29, 0.717) is 0 Å². The Bertz CT molecular complexity index is 343. The average Bonchev–Trinajstić information content (AvgIpc) is 2.87. The summed E-state index contributed by atoms with van der Waals surface area (Å²) >= 11 is 0. The minimum absolute atomic E-state index is 0.740. The third-order valence-electron chi connectivity index (χ3n) is 3.84. The molecule has 1 aliphatic carbocycles. The molecule has 1 saturated carbocycles. The fourth-order valence-corrected chi connectivity index (χ4v) is 2.75. The van der Waals surface area contributed by atoms with Crippen LogP contribution in [0.4, 0.5) is 0 Å². The number of rotatable bonds is 4. The molecule has 0 spiro atoms. The van der Waals surface area contributed by atoms with E-state index in [1.807, 2.05) is 0 Å². The van der Waals surface area contributed by atoms with Gasteiger partial charge in [0.2, 0.25) is 0 Å². The lowest BCUT2D eigenvalue weighted by Crippen LogP contribution is -2.21. The van der Waals surface area contributed by atoms with Gasteiger partial charge in [-0.25, -0.2) is 0 Å². The molecule has 0 radical (unpaired) electrons. The number of nitrogens with one attached hydrogen (secondary N) is 1. The number of nitrogens with zero attached hydrogens (tertiary/aromatic N) is 2. The minimum Gasteiger partial charge on any atom is -0.317 e. The van der Waals surface area contributed by atoms with E-state index >= 15 is 0 Å². The van der Waals surface area contributed by atoms with E-state index in [0.717, 1.165) is 18.4 Å². The molecule has 0 bridgehead atoms. The second-order valence-corrected chi connectivity index (χ2v) is 4.97. The molecule has 3 nitrogen and oxygen atoms in total. The predicted molar refractivity (Wildman–Crippen MR) is 66.5 cm³/mol. The summed E-state index contributed by atoms with van der Waals surface area (Å²) < 4.78 is 2.06. The van der Waals surface area contributed by atoms with Gasteiger partial charge in [-0.1, -0.05) is 6.92 Å². The largest absolute Gasteiger partial charge is 0.317 e. The average molecular weight is 221 g/mol. The van der Waals surface area contributed by atoms with Gasteiger partial charge in [-0.15, -0.1) is 0 Å². The zero-order valence-corrected chi connectivity index (χ0v) is 10.7. The Morgan fingerprint density at radius 2 is 2.31 bits per heavy atom. The highest BCUT2D eigenvalue weighted by molar-refractivity contribution is 5.11. The fourth-order valence-electron chi connectivity index (χ4n) is 2.75. The van der Waals surface area contributed by atoms with E-state index in [2.05, 4.69) is 42.2 Å². The predicted octanol–water partition coefficient (Wildman–Crippen LogP) is 1.91. The molecular formula is C13H23N3. The van der Waals surface area contributed by atoms with Gasteiger partial charge in [0.05, 0.1) is 5.69 Å². The molecule has 1 fully saturated rings. The zero-order chi connectivity index (χ0) is 11.5. The van der Waals surface area contributed by atoms with Crippen LogP contribution in [0.15, 0.2) is 6.07 Å². The summed E-state index contributed by atoms with van der Waals surface area (Å²) in [5.41, 5.74) is 2.62. The third kappa shape index (κ3) is 2.46. The van der Waals surface area contributed by atoms with Gasteiger partial charge in [-0.05, 0) is 51.1 Å². The summed E-state index contributed by atoms with van der Waals surface area (Å²) in [4.78, 5) is 0. The van der Waals surface area contributed by atoms with Gasteiger partial charge in [0.1, 0.15) is 0 Å². The summed E-state index contributed by atoms with van der Waals surface area (Å²) in [5, 5.41) is 7.90. The van der Waals surface area contributed by atoms with E-state index in [9.17, 15) is 0 Å². The van der Waals surface area contributed by atoms with Crippen LogP contribution < -0.4 is 5.32 Å². The Hall–Kier alpha value is -0.830. The topological polar surface area (TPSA) is 29.9 Å². The first kappa shape index (κ1) is 11.6. The Labute approximate surface area is 98.2 Å². The van der Waals surface area contributed by atoms with Gasteiger partial charge < -0.3 is 5.32 Å². The second kappa shape index (κ2) is 5.00. The molecule has 2 atom stereocenters. The highest BCUT2D eigenvalue weighted by atomic mass is 15.3. The van der Waals surface area contributed by atoms with Crippen molar-refractivity contribution in [3.8, 4) is 0 Å². The van der Waals surface area contributed by atoms with Crippen LogP contribution in [0.2, 0.25) is 0 Å². The molecule has 90 valence electrons. The van der Waals surface area contributed by atoms with Crippen LogP contribution in [0.1, 0.15) is 37.6 Å². The highest BCUT2D eigenvalue weighted by Crippen LogP contribution is 2.28. The van der Waals surface area contributed by atoms with Crippen molar-refractivity contribution in [1.29, 1.82) is 0 Å². The summed E-state index contributed by atoms with van der Waals surface area (Å²) in [7, 11) is 4.14. The Morgan fingerprint density at radius 3 is 2.88 bits per heavy atom. The first-order chi connectivity index (χ1) is 7.72. The maximum atomic E-state index is 4.51. The molecule has 0 amide bonds. The monoisotopic (exact) mass is 221 g/mol. The van der Waals surface area contributed by atoms with Crippen molar-refractivity contribution < 1.29 is 0 Å². The second-order valence-electron chi connectivity index (χ2n) is 4.97.